The van der Waals surface area contributed by atoms with Crippen molar-refractivity contribution in [2.45, 2.75) is 25.8 Å². The van der Waals surface area contributed by atoms with Crippen molar-refractivity contribution in [1.82, 2.24) is 34.7 Å². The maximum atomic E-state index is 13.5. The van der Waals surface area contributed by atoms with Crippen LogP contribution in [0.15, 0.2) is 65.7 Å². The van der Waals surface area contributed by atoms with Gasteiger partial charge in [0.2, 0.25) is 0 Å². The fourth-order valence-corrected chi connectivity index (χ4v) is 5.20. The number of hydrogen-bond donors (Lipinski definition) is 2. The molecule has 12 heteroatoms. The number of aryl methyl sites for hydroxylation is 2. The Morgan fingerprint density at radius 2 is 1.95 bits per heavy atom. The van der Waals surface area contributed by atoms with Gasteiger partial charge in [-0.25, -0.2) is 9.78 Å². The largest absolute Gasteiger partial charge is 0.453 e. The first-order chi connectivity index (χ1) is 18.9. The maximum Gasteiger partial charge on any atom is 0.411 e. The number of aromatic amines is 1. The number of amides is 1. The summed E-state index contributed by atoms with van der Waals surface area (Å²) in [4.78, 5) is 33.2. The summed E-state index contributed by atoms with van der Waals surface area (Å²) < 4.78 is 7.99. The number of nitrogens with zero attached hydrogens (tertiary/aromatic N) is 6. The number of methoxy groups -OCH3 is 1. The number of rotatable bonds is 5. The smallest absolute Gasteiger partial charge is 0.411 e. The van der Waals surface area contributed by atoms with Crippen LogP contribution in [0, 0.1) is 6.92 Å². The molecule has 11 nitrogen and oxygen atoms in total. The van der Waals surface area contributed by atoms with Gasteiger partial charge < -0.3 is 14.3 Å². The third kappa shape index (κ3) is 4.57. The Morgan fingerprint density at radius 3 is 2.69 bits per heavy atom. The van der Waals surface area contributed by atoms with Crippen molar-refractivity contribution in [3.05, 3.63) is 93.5 Å². The van der Waals surface area contributed by atoms with Crippen molar-refractivity contribution in [3.63, 3.8) is 0 Å². The molecule has 39 heavy (non-hydrogen) atoms. The number of benzene rings is 2. The summed E-state index contributed by atoms with van der Waals surface area (Å²) in [5.74, 6) is 0.727. The Hall–Kier alpha value is -4.77. The van der Waals surface area contributed by atoms with Crippen molar-refractivity contribution < 1.29 is 9.53 Å². The number of carbonyl (C=O) groups excluding carboxylic acids is 1. The van der Waals surface area contributed by atoms with Crippen LogP contribution in [0.1, 0.15) is 29.7 Å². The molecule has 0 unspecified atom stereocenters. The Balaban J connectivity index is 1.33. The van der Waals surface area contributed by atoms with Crippen LogP contribution in [0.5, 0.6) is 0 Å². The second-order valence-corrected chi connectivity index (χ2v) is 9.64. The Morgan fingerprint density at radius 1 is 1.13 bits per heavy atom. The summed E-state index contributed by atoms with van der Waals surface area (Å²) >= 11 is 6.31. The summed E-state index contributed by atoms with van der Waals surface area (Å²) in [5.41, 5.74) is 6.22. The molecule has 0 aliphatic carbocycles. The lowest BCUT2D eigenvalue weighted by molar-refractivity contribution is 0.187. The summed E-state index contributed by atoms with van der Waals surface area (Å²) in [7, 11) is 1.32. The van der Waals surface area contributed by atoms with Crippen LogP contribution in [0.2, 0.25) is 5.02 Å². The van der Waals surface area contributed by atoms with Crippen molar-refractivity contribution in [3.8, 4) is 28.1 Å². The van der Waals surface area contributed by atoms with E-state index in [2.05, 4.69) is 30.6 Å². The number of pyridine rings is 1. The molecule has 196 valence electrons. The van der Waals surface area contributed by atoms with Gasteiger partial charge in [0.15, 0.2) is 0 Å². The van der Waals surface area contributed by atoms with Crippen LogP contribution in [0.25, 0.3) is 28.1 Å². The molecule has 0 spiro atoms. The van der Waals surface area contributed by atoms with Gasteiger partial charge in [-0.2, -0.15) is 4.68 Å². The van der Waals surface area contributed by atoms with Crippen molar-refractivity contribution in [2.75, 3.05) is 12.4 Å². The van der Waals surface area contributed by atoms with Gasteiger partial charge in [-0.1, -0.05) is 23.7 Å². The highest BCUT2D eigenvalue weighted by atomic mass is 35.5. The van der Waals surface area contributed by atoms with E-state index in [0.29, 0.717) is 10.7 Å². The van der Waals surface area contributed by atoms with E-state index in [9.17, 15) is 9.59 Å². The molecule has 0 radical (unpaired) electrons. The summed E-state index contributed by atoms with van der Waals surface area (Å²) in [6.45, 7) is 1.95. The topological polar surface area (TPSA) is 133 Å². The second-order valence-electron chi connectivity index (χ2n) is 9.20. The second kappa shape index (κ2) is 9.84. The van der Waals surface area contributed by atoms with Gasteiger partial charge in [0.25, 0.3) is 5.56 Å². The van der Waals surface area contributed by atoms with Crippen molar-refractivity contribution in [2.24, 2.45) is 0 Å². The summed E-state index contributed by atoms with van der Waals surface area (Å²) in [5, 5.41) is 14.6. The number of nitrogens with one attached hydrogen (secondary N) is 2. The Labute approximate surface area is 227 Å². The molecule has 0 fully saturated rings. The fraction of sp³-hybridized carbons (Fsp3) is 0.185. The molecule has 1 aliphatic heterocycles. The van der Waals surface area contributed by atoms with Crippen LogP contribution in [0.4, 0.5) is 10.5 Å². The minimum atomic E-state index is -0.531. The van der Waals surface area contributed by atoms with Crippen LogP contribution in [-0.4, -0.2) is 47.9 Å². The third-order valence-corrected chi connectivity index (χ3v) is 7.04. The minimum absolute atomic E-state index is 0.124. The quantitative estimate of drug-likeness (QED) is 0.332. The molecule has 1 aliphatic rings. The molecule has 2 aromatic carbocycles. The van der Waals surface area contributed by atoms with Gasteiger partial charge in [0.05, 0.1) is 24.5 Å². The highest BCUT2D eigenvalue weighted by Crippen LogP contribution is 2.35. The highest BCUT2D eigenvalue weighted by Gasteiger charge is 2.29. The van der Waals surface area contributed by atoms with Gasteiger partial charge >= 0.3 is 6.09 Å². The highest BCUT2D eigenvalue weighted by molar-refractivity contribution is 6.31. The number of tetrazole rings is 1. The van der Waals surface area contributed by atoms with E-state index < -0.39 is 6.09 Å². The third-order valence-electron chi connectivity index (χ3n) is 6.81. The SMILES string of the molecule is COC(=O)Nc1ccc(-c2nc([C@@H]3CCc4cc(-c5cc(Cl)ccc5-n5cnnn5)cc(=O)n43)[nH]c2C)cc1. The van der Waals surface area contributed by atoms with Crippen molar-refractivity contribution in [1.29, 1.82) is 0 Å². The molecule has 3 aromatic heterocycles. The summed E-state index contributed by atoms with van der Waals surface area (Å²) in [6.07, 6.45) is 2.43. The number of hydrogen-bond acceptors (Lipinski definition) is 7. The number of fused-ring (bicyclic) bond motifs is 1. The van der Waals surface area contributed by atoms with E-state index >= 15 is 0 Å². The van der Waals surface area contributed by atoms with Crippen LogP contribution in [-0.2, 0) is 11.2 Å². The molecule has 0 saturated heterocycles. The number of imidazole rings is 1. The number of H-pyrrole nitrogens is 1. The summed E-state index contributed by atoms with van der Waals surface area (Å²) in [6, 6.07) is 16.2. The molecule has 5 aromatic rings. The molecule has 4 heterocycles. The van der Waals surface area contributed by atoms with E-state index in [1.165, 1.54) is 13.4 Å². The minimum Gasteiger partial charge on any atom is -0.453 e. The van der Waals surface area contributed by atoms with Gasteiger partial charge in [-0.15, -0.1) is 5.10 Å². The zero-order valence-electron chi connectivity index (χ0n) is 21.1. The normalized spacial score (nSPS) is 14.3. The molecular formula is C27H23ClN8O3. The molecule has 1 amide bonds. The first-order valence-electron chi connectivity index (χ1n) is 12.2. The zero-order chi connectivity index (χ0) is 27.1. The van der Waals surface area contributed by atoms with E-state index in [4.69, 9.17) is 16.6 Å². The van der Waals surface area contributed by atoms with Gasteiger partial charge in [0, 0.05) is 39.3 Å². The lowest BCUT2D eigenvalue weighted by Gasteiger charge is -2.15. The molecule has 0 bridgehead atoms. The van der Waals surface area contributed by atoms with E-state index in [-0.39, 0.29) is 11.6 Å². The predicted molar refractivity (Wildman–Crippen MR) is 145 cm³/mol. The number of carbonyl (C=O) groups is 1. The molecule has 1 atom stereocenters. The van der Waals surface area contributed by atoms with E-state index in [1.807, 2.05) is 37.3 Å². The Bertz CT molecular complexity index is 1740. The van der Waals surface area contributed by atoms with Crippen LogP contribution >= 0.6 is 11.6 Å². The van der Waals surface area contributed by atoms with E-state index in [0.717, 1.165) is 58.1 Å². The monoisotopic (exact) mass is 542 g/mol. The average molecular weight is 543 g/mol. The molecule has 0 saturated carbocycles. The zero-order valence-corrected chi connectivity index (χ0v) is 21.8. The van der Waals surface area contributed by atoms with Gasteiger partial charge in [-0.05, 0) is 72.2 Å². The van der Waals surface area contributed by atoms with Crippen LogP contribution in [0.3, 0.4) is 0 Å². The van der Waals surface area contributed by atoms with Crippen molar-refractivity contribution >= 4 is 23.4 Å². The lowest BCUT2D eigenvalue weighted by Crippen LogP contribution is -2.24. The predicted octanol–water partition coefficient (Wildman–Crippen LogP) is 4.56. The molecule has 6 rings (SSSR count). The fourth-order valence-electron chi connectivity index (χ4n) is 5.02. The maximum absolute atomic E-state index is 13.5. The first-order valence-corrected chi connectivity index (χ1v) is 12.6. The lowest BCUT2D eigenvalue weighted by atomic mass is 10.0. The number of aromatic nitrogens is 7. The van der Waals surface area contributed by atoms with Crippen LogP contribution < -0.4 is 10.9 Å². The van der Waals surface area contributed by atoms with Gasteiger partial charge in [-0.3, -0.25) is 10.1 Å². The number of halogens is 1. The standard InChI is InChI=1S/C27H23ClN8O3/c1-15-25(16-3-6-19(7-4-16)31-27(38)39-2)32-26(30-15)23-10-8-20-11-17(12-24(37)36(20)23)21-13-18(28)5-9-22(21)35-14-29-33-34-35/h3-7,9,11-14,23H,8,10H2,1-2H3,(H,30,32)(H,31,38)/t23-/m0/s1. The Kier molecular flexibility index (Phi) is 6.20. The van der Waals surface area contributed by atoms with E-state index in [1.54, 1.807) is 33.5 Å². The molecular weight excluding hydrogens is 520 g/mol. The van der Waals surface area contributed by atoms with Gasteiger partial charge in [0.1, 0.15) is 12.2 Å². The molecule has 2 N–H and O–H groups in total. The average Bonchev–Trinajstić information content (AvgIpc) is 3.69. The first kappa shape index (κ1) is 24.6. The number of anilines is 1. The number of ether oxygens (including phenoxy) is 1.